The highest BCUT2D eigenvalue weighted by molar-refractivity contribution is 5.85. The summed E-state index contributed by atoms with van der Waals surface area (Å²) in [6.45, 7) is 2.18. The van der Waals surface area contributed by atoms with Gasteiger partial charge in [0.05, 0.1) is 0 Å². The second-order valence-corrected chi connectivity index (χ2v) is 3.11. The number of nitrogens with one attached hydrogen (secondary N) is 1. The fourth-order valence-electron chi connectivity index (χ4n) is 1.24. The zero-order valence-electron chi connectivity index (χ0n) is 7.96. The molecule has 0 bridgehead atoms. The van der Waals surface area contributed by atoms with Crippen molar-refractivity contribution >= 4 is 24.8 Å². The number of β-amino-alcohol motifs (C(OH)–C–C–N with tert-alkyl or cyclic N) is 1. The van der Waals surface area contributed by atoms with Crippen LogP contribution in [-0.4, -0.2) is 55.0 Å². The number of halogens is 5. The third-order valence-corrected chi connectivity index (χ3v) is 2.02. The van der Waals surface area contributed by atoms with Gasteiger partial charge in [-0.2, -0.15) is 13.2 Å². The molecule has 8 heteroatoms. The average Bonchev–Trinajstić information content (AvgIpc) is 2.04. The summed E-state index contributed by atoms with van der Waals surface area (Å²) in [6, 6.07) is 0. The van der Waals surface area contributed by atoms with E-state index >= 15 is 0 Å². The Bertz CT molecular complexity index is 165. The summed E-state index contributed by atoms with van der Waals surface area (Å²) in [5, 5.41) is 11.8. The van der Waals surface area contributed by atoms with Gasteiger partial charge < -0.3 is 10.4 Å². The second-order valence-electron chi connectivity index (χ2n) is 3.11. The Balaban J connectivity index is 0. The quantitative estimate of drug-likeness (QED) is 0.774. The molecule has 1 aliphatic heterocycles. The molecule has 0 aliphatic carbocycles. The first kappa shape index (κ1) is 17.6. The van der Waals surface area contributed by atoms with Crippen molar-refractivity contribution in [1.29, 1.82) is 0 Å². The lowest BCUT2D eigenvalue weighted by Gasteiger charge is -2.29. The number of aliphatic hydroxyl groups excluding tert-OH is 1. The van der Waals surface area contributed by atoms with Crippen LogP contribution in [0, 0.1) is 0 Å². The van der Waals surface area contributed by atoms with E-state index in [4.69, 9.17) is 5.11 Å². The molecule has 1 unspecified atom stereocenters. The Morgan fingerprint density at radius 1 is 1.20 bits per heavy atom. The predicted octanol–water partition coefficient (Wildman–Crippen LogP) is 0.658. The maximum absolute atomic E-state index is 11.9. The van der Waals surface area contributed by atoms with E-state index in [9.17, 15) is 13.2 Å². The molecule has 1 heterocycles. The zero-order valence-corrected chi connectivity index (χ0v) is 9.59. The van der Waals surface area contributed by atoms with Gasteiger partial charge in [-0.1, -0.05) is 0 Å². The van der Waals surface area contributed by atoms with Crippen molar-refractivity contribution in [3.63, 3.8) is 0 Å². The Labute approximate surface area is 98.8 Å². The van der Waals surface area contributed by atoms with E-state index in [2.05, 4.69) is 5.32 Å². The first-order valence-electron chi connectivity index (χ1n) is 4.18. The second kappa shape index (κ2) is 7.51. The number of nitrogens with zero attached hydrogens (tertiary/aromatic N) is 1. The van der Waals surface area contributed by atoms with E-state index in [0.717, 1.165) is 0 Å². The number of alkyl halides is 3. The van der Waals surface area contributed by atoms with Crippen LogP contribution in [0.25, 0.3) is 0 Å². The van der Waals surface area contributed by atoms with Gasteiger partial charge in [-0.05, 0) is 0 Å². The van der Waals surface area contributed by atoms with Crippen LogP contribution in [0.1, 0.15) is 0 Å². The van der Waals surface area contributed by atoms with Crippen molar-refractivity contribution in [2.75, 3.05) is 32.7 Å². The van der Waals surface area contributed by atoms with E-state index in [-0.39, 0.29) is 31.4 Å². The Kier molecular flexibility index (Phi) is 8.83. The minimum atomic E-state index is -4.50. The maximum Gasteiger partial charge on any atom is 0.415 e. The largest absolute Gasteiger partial charge is 0.415 e. The summed E-state index contributed by atoms with van der Waals surface area (Å²) in [4.78, 5) is 1.61. The van der Waals surface area contributed by atoms with Crippen LogP contribution in [0.2, 0.25) is 0 Å². The molecule has 1 aliphatic rings. The number of piperazine rings is 1. The van der Waals surface area contributed by atoms with Crippen LogP contribution in [0.4, 0.5) is 13.2 Å². The van der Waals surface area contributed by atoms with Gasteiger partial charge >= 0.3 is 6.18 Å². The smallest absolute Gasteiger partial charge is 0.382 e. The molecule has 0 aromatic carbocycles. The van der Waals surface area contributed by atoms with Crippen molar-refractivity contribution in [2.24, 2.45) is 0 Å². The first-order chi connectivity index (χ1) is 6.00. The number of hydrogen-bond donors (Lipinski definition) is 2. The molecule has 94 valence electrons. The van der Waals surface area contributed by atoms with Crippen molar-refractivity contribution in [3.8, 4) is 0 Å². The van der Waals surface area contributed by atoms with Crippen LogP contribution in [0.3, 0.4) is 0 Å². The van der Waals surface area contributed by atoms with Crippen LogP contribution in [0.15, 0.2) is 0 Å². The van der Waals surface area contributed by atoms with E-state index in [1.165, 1.54) is 0 Å². The number of rotatable bonds is 2. The highest BCUT2D eigenvalue weighted by atomic mass is 35.5. The topological polar surface area (TPSA) is 35.5 Å². The standard InChI is InChI=1S/C7H13F3N2O.2ClH/c8-7(9,10)6(13)5-12-3-1-11-2-4-12;;/h6,11,13H,1-5H2;2*1H. The number of hydrogen-bond acceptors (Lipinski definition) is 3. The normalized spacial score (nSPS) is 20.0. The lowest BCUT2D eigenvalue weighted by molar-refractivity contribution is -0.208. The Hall–Kier alpha value is 0.250. The van der Waals surface area contributed by atoms with Crippen molar-refractivity contribution in [1.82, 2.24) is 10.2 Å². The molecule has 2 N–H and O–H groups in total. The van der Waals surface area contributed by atoms with Gasteiger partial charge in [0.2, 0.25) is 0 Å². The summed E-state index contributed by atoms with van der Waals surface area (Å²) >= 11 is 0. The summed E-state index contributed by atoms with van der Waals surface area (Å²) < 4.78 is 35.7. The van der Waals surface area contributed by atoms with Gasteiger partial charge in [-0.15, -0.1) is 24.8 Å². The number of aliphatic hydroxyl groups is 1. The van der Waals surface area contributed by atoms with Crippen LogP contribution >= 0.6 is 24.8 Å². The SMILES string of the molecule is Cl.Cl.OC(CN1CCNCC1)C(F)(F)F. The molecule has 1 atom stereocenters. The van der Waals surface area contributed by atoms with Crippen LogP contribution in [0.5, 0.6) is 0 Å². The molecule has 0 aromatic heterocycles. The van der Waals surface area contributed by atoms with Gasteiger partial charge in [0.1, 0.15) is 0 Å². The molecule has 1 saturated heterocycles. The molecule has 0 spiro atoms. The molecule has 15 heavy (non-hydrogen) atoms. The van der Waals surface area contributed by atoms with Gasteiger partial charge in [-0.3, -0.25) is 4.90 Å². The fraction of sp³-hybridized carbons (Fsp3) is 1.00. The molecule has 0 radical (unpaired) electrons. The molecule has 3 nitrogen and oxygen atoms in total. The minimum absolute atomic E-state index is 0. The van der Waals surface area contributed by atoms with Gasteiger partial charge in [0.25, 0.3) is 0 Å². The molecule has 0 saturated carbocycles. The van der Waals surface area contributed by atoms with E-state index in [1.54, 1.807) is 4.90 Å². The highest BCUT2D eigenvalue weighted by Crippen LogP contribution is 2.20. The summed E-state index contributed by atoms with van der Waals surface area (Å²) in [5.41, 5.74) is 0. The molecule has 1 rings (SSSR count). The summed E-state index contributed by atoms with van der Waals surface area (Å²) in [5.74, 6) is 0. The van der Waals surface area contributed by atoms with E-state index in [1.807, 2.05) is 0 Å². The Morgan fingerprint density at radius 3 is 2.07 bits per heavy atom. The van der Waals surface area contributed by atoms with E-state index in [0.29, 0.717) is 26.2 Å². The monoisotopic (exact) mass is 270 g/mol. The molecular formula is C7H15Cl2F3N2O. The predicted molar refractivity (Wildman–Crippen MR) is 55.9 cm³/mol. The Morgan fingerprint density at radius 2 is 1.67 bits per heavy atom. The zero-order chi connectivity index (χ0) is 9.90. The lowest BCUT2D eigenvalue weighted by atomic mass is 10.3. The third-order valence-electron chi connectivity index (χ3n) is 2.02. The van der Waals surface area contributed by atoms with Crippen LogP contribution in [-0.2, 0) is 0 Å². The summed E-state index contributed by atoms with van der Waals surface area (Å²) in [6.07, 6.45) is -6.71. The van der Waals surface area contributed by atoms with Gasteiger partial charge in [-0.25, -0.2) is 0 Å². The van der Waals surface area contributed by atoms with Crippen molar-refractivity contribution < 1.29 is 18.3 Å². The molecule has 0 amide bonds. The van der Waals surface area contributed by atoms with Gasteiger partial charge in [0, 0.05) is 32.7 Å². The minimum Gasteiger partial charge on any atom is -0.382 e. The first-order valence-corrected chi connectivity index (χ1v) is 4.18. The fourth-order valence-corrected chi connectivity index (χ4v) is 1.24. The third kappa shape index (κ3) is 6.42. The van der Waals surface area contributed by atoms with Gasteiger partial charge in [0.15, 0.2) is 6.10 Å². The lowest BCUT2D eigenvalue weighted by Crippen LogP contribution is -2.49. The van der Waals surface area contributed by atoms with E-state index < -0.39 is 12.3 Å². The molecular weight excluding hydrogens is 256 g/mol. The van der Waals surface area contributed by atoms with Crippen molar-refractivity contribution in [3.05, 3.63) is 0 Å². The molecule has 1 fully saturated rings. The van der Waals surface area contributed by atoms with Crippen LogP contribution < -0.4 is 5.32 Å². The maximum atomic E-state index is 11.9. The highest BCUT2D eigenvalue weighted by Gasteiger charge is 2.39. The van der Waals surface area contributed by atoms with Crippen molar-refractivity contribution in [2.45, 2.75) is 12.3 Å². The summed E-state index contributed by atoms with van der Waals surface area (Å²) in [7, 11) is 0. The average molecular weight is 271 g/mol. The molecule has 0 aromatic rings.